The van der Waals surface area contributed by atoms with Crippen molar-refractivity contribution in [3.05, 3.63) is 35.4 Å². The molecule has 184 valence electrons. The predicted molar refractivity (Wildman–Crippen MR) is 127 cm³/mol. The third kappa shape index (κ3) is 8.46. The van der Waals surface area contributed by atoms with Gasteiger partial charge in [-0.3, -0.25) is 14.4 Å². The van der Waals surface area contributed by atoms with Crippen LogP contribution in [-0.2, 0) is 29.6 Å². The summed E-state index contributed by atoms with van der Waals surface area (Å²) in [5.74, 6) is -1.12. The van der Waals surface area contributed by atoms with Crippen molar-refractivity contribution in [2.45, 2.75) is 58.9 Å². The lowest BCUT2D eigenvalue weighted by Crippen LogP contribution is -2.45. The van der Waals surface area contributed by atoms with Gasteiger partial charge in [0, 0.05) is 24.7 Å². The summed E-state index contributed by atoms with van der Waals surface area (Å²) in [6.07, 6.45) is 0.332. The number of nitrogens with one attached hydrogen (secondary N) is 1. The maximum atomic E-state index is 12.6. The number of benzene rings is 1. The van der Waals surface area contributed by atoms with E-state index in [4.69, 9.17) is 4.74 Å². The average Bonchev–Trinajstić information content (AvgIpc) is 3.08. The molecule has 0 aromatic heterocycles. The molecule has 0 radical (unpaired) electrons. The van der Waals surface area contributed by atoms with E-state index in [0.717, 1.165) is 5.56 Å². The van der Waals surface area contributed by atoms with Crippen LogP contribution in [0.5, 0.6) is 0 Å². The summed E-state index contributed by atoms with van der Waals surface area (Å²) < 4.78 is 28.7. The Labute approximate surface area is 197 Å². The van der Waals surface area contributed by atoms with Crippen molar-refractivity contribution in [1.29, 1.82) is 0 Å². The van der Waals surface area contributed by atoms with Gasteiger partial charge in [0.15, 0.2) is 16.4 Å². The highest BCUT2D eigenvalue weighted by Gasteiger charge is 2.35. The van der Waals surface area contributed by atoms with Crippen molar-refractivity contribution in [1.82, 2.24) is 10.2 Å². The molecule has 8 nitrogen and oxygen atoms in total. The summed E-state index contributed by atoms with van der Waals surface area (Å²) >= 11 is 0. The maximum absolute atomic E-state index is 12.6. The minimum Gasteiger partial charge on any atom is -0.456 e. The van der Waals surface area contributed by atoms with Gasteiger partial charge in [-0.2, -0.15) is 0 Å². The van der Waals surface area contributed by atoms with E-state index in [1.807, 2.05) is 26.0 Å². The van der Waals surface area contributed by atoms with Gasteiger partial charge in [-0.05, 0) is 35.4 Å². The molecule has 2 amide bonds. The van der Waals surface area contributed by atoms with Crippen molar-refractivity contribution in [3.8, 4) is 0 Å². The Hall–Kier alpha value is -2.42. The van der Waals surface area contributed by atoms with Gasteiger partial charge in [0.25, 0.3) is 11.8 Å². The highest BCUT2D eigenvalue weighted by molar-refractivity contribution is 7.91. The Kier molecular flexibility index (Phi) is 9.05. The third-order valence-electron chi connectivity index (χ3n) is 5.52. The fourth-order valence-electron chi connectivity index (χ4n) is 3.67. The van der Waals surface area contributed by atoms with Crippen LogP contribution in [0, 0.1) is 5.92 Å². The average molecular weight is 481 g/mol. The van der Waals surface area contributed by atoms with Crippen molar-refractivity contribution in [3.63, 3.8) is 0 Å². The van der Waals surface area contributed by atoms with Crippen molar-refractivity contribution in [2.75, 3.05) is 31.2 Å². The lowest BCUT2D eigenvalue weighted by Gasteiger charge is -2.29. The quantitative estimate of drug-likeness (QED) is 0.543. The van der Waals surface area contributed by atoms with Gasteiger partial charge in [-0.15, -0.1) is 0 Å². The van der Waals surface area contributed by atoms with Crippen molar-refractivity contribution in [2.24, 2.45) is 5.92 Å². The van der Waals surface area contributed by atoms with Crippen LogP contribution in [0.4, 0.5) is 0 Å². The number of hydrogen-bond acceptors (Lipinski definition) is 6. The molecular weight excluding hydrogens is 444 g/mol. The van der Waals surface area contributed by atoms with E-state index in [9.17, 15) is 22.8 Å². The molecule has 0 bridgehead atoms. The zero-order chi connectivity index (χ0) is 24.8. The first-order chi connectivity index (χ1) is 15.3. The van der Waals surface area contributed by atoms with E-state index in [1.54, 1.807) is 12.1 Å². The Balaban J connectivity index is 1.79. The fourth-order valence-corrected chi connectivity index (χ4v) is 5.40. The van der Waals surface area contributed by atoms with Gasteiger partial charge in [-0.1, -0.05) is 46.8 Å². The van der Waals surface area contributed by atoms with E-state index in [1.165, 1.54) is 4.90 Å². The van der Waals surface area contributed by atoms with Crippen LogP contribution in [0.1, 0.15) is 63.4 Å². The van der Waals surface area contributed by atoms with E-state index < -0.39 is 28.3 Å². The largest absolute Gasteiger partial charge is 0.456 e. The minimum atomic E-state index is -3.14. The number of esters is 1. The molecule has 1 aliphatic rings. The first-order valence-corrected chi connectivity index (χ1v) is 13.1. The predicted octanol–water partition coefficient (Wildman–Crippen LogP) is 2.32. The van der Waals surface area contributed by atoms with Crippen LogP contribution in [0.25, 0.3) is 0 Å². The van der Waals surface area contributed by atoms with Crippen molar-refractivity contribution < 1.29 is 27.5 Å². The van der Waals surface area contributed by atoms with Crippen LogP contribution < -0.4 is 5.32 Å². The summed E-state index contributed by atoms with van der Waals surface area (Å²) in [4.78, 5) is 38.5. The van der Waals surface area contributed by atoms with Gasteiger partial charge in [0.2, 0.25) is 0 Å². The third-order valence-corrected chi connectivity index (χ3v) is 7.27. The molecule has 0 spiro atoms. The second kappa shape index (κ2) is 11.1. The van der Waals surface area contributed by atoms with Crippen LogP contribution in [0.3, 0.4) is 0 Å². The number of carbonyl (C=O) groups is 3. The van der Waals surface area contributed by atoms with Gasteiger partial charge in [-0.25, -0.2) is 8.42 Å². The zero-order valence-corrected chi connectivity index (χ0v) is 21.0. The number of nitrogens with zero attached hydrogens (tertiary/aromatic N) is 1. The molecule has 0 aliphatic carbocycles. The first-order valence-electron chi connectivity index (χ1n) is 11.3. The number of carbonyl (C=O) groups excluding carboxylic acids is 3. The number of sulfone groups is 1. The summed E-state index contributed by atoms with van der Waals surface area (Å²) in [7, 11) is -3.14. The molecule has 2 rings (SSSR count). The molecule has 1 aromatic carbocycles. The topological polar surface area (TPSA) is 110 Å². The van der Waals surface area contributed by atoms with Gasteiger partial charge >= 0.3 is 5.97 Å². The van der Waals surface area contributed by atoms with E-state index in [-0.39, 0.29) is 47.8 Å². The molecule has 33 heavy (non-hydrogen) atoms. The molecule has 1 N–H and O–H groups in total. The molecule has 1 aromatic rings. The van der Waals surface area contributed by atoms with Crippen LogP contribution in [0.2, 0.25) is 0 Å². The van der Waals surface area contributed by atoms with Crippen LogP contribution in [0.15, 0.2) is 24.3 Å². The van der Waals surface area contributed by atoms with Gasteiger partial charge < -0.3 is 15.0 Å². The Morgan fingerprint density at radius 3 is 2.30 bits per heavy atom. The number of hydrogen-bond donors (Lipinski definition) is 1. The Bertz CT molecular complexity index is 948. The van der Waals surface area contributed by atoms with Crippen LogP contribution >= 0.6 is 0 Å². The standard InChI is InChI=1S/C24H36N2O6S/c1-17(2)14-26(20-11-13-33(30,31)16-20)21(27)15-32-22(28)10-12-25-23(29)18-6-8-19(9-7-18)24(3,4)5/h6-9,17,20H,10-16H2,1-5H3,(H,25,29). The second-order valence-electron chi connectivity index (χ2n) is 9.99. The fraction of sp³-hybridized carbons (Fsp3) is 0.625. The lowest BCUT2D eigenvalue weighted by molar-refractivity contribution is -0.153. The SMILES string of the molecule is CC(C)CN(C(=O)COC(=O)CCNC(=O)c1ccc(C(C)(C)C)cc1)C1CCS(=O)(=O)C1. The Morgan fingerprint density at radius 1 is 1.15 bits per heavy atom. The summed E-state index contributed by atoms with van der Waals surface area (Å²) in [5, 5.41) is 2.68. The molecule has 0 saturated carbocycles. The van der Waals surface area contributed by atoms with Crippen molar-refractivity contribution >= 4 is 27.6 Å². The molecule has 1 heterocycles. The molecule has 1 unspecified atom stereocenters. The number of ether oxygens (including phenoxy) is 1. The second-order valence-corrected chi connectivity index (χ2v) is 12.2. The van der Waals surface area contributed by atoms with E-state index in [2.05, 4.69) is 26.1 Å². The molecular formula is C24H36N2O6S. The smallest absolute Gasteiger partial charge is 0.308 e. The maximum Gasteiger partial charge on any atom is 0.308 e. The van der Waals surface area contributed by atoms with E-state index in [0.29, 0.717) is 18.5 Å². The molecule has 1 atom stereocenters. The highest BCUT2D eigenvalue weighted by Crippen LogP contribution is 2.22. The van der Waals surface area contributed by atoms with Gasteiger partial charge in [0.1, 0.15) is 0 Å². The van der Waals surface area contributed by atoms with Gasteiger partial charge in [0.05, 0.1) is 17.9 Å². The summed E-state index contributed by atoms with van der Waals surface area (Å²) in [6, 6.07) is 6.94. The normalized spacial score (nSPS) is 17.6. The lowest BCUT2D eigenvalue weighted by atomic mass is 9.87. The monoisotopic (exact) mass is 480 g/mol. The van der Waals surface area contributed by atoms with Crippen LogP contribution in [-0.4, -0.2) is 68.3 Å². The summed E-state index contributed by atoms with van der Waals surface area (Å²) in [6.45, 7) is 10.2. The molecule has 1 fully saturated rings. The molecule has 9 heteroatoms. The minimum absolute atomic E-state index is 0.00698. The Morgan fingerprint density at radius 2 is 1.79 bits per heavy atom. The highest BCUT2D eigenvalue weighted by atomic mass is 32.2. The summed E-state index contributed by atoms with van der Waals surface area (Å²) in [5.41, 5.74) is 1.61. The zero-order valence-electron chi connectivity index (χ0n) is 20.2. The molecule has 1 saturated heterocycles. The molecule has 1 aliphatic heterocycles. The number of amides is 2. The van der Waals surface area contributed by atoms with E-state index >= 15 is 0 Å². The number of rotatable bonds is 9. The first kappa shape index (κ1) is 26.8.